The molecule has 0 fully saturated rings. The fraction of sp³-hybridized carbons (Fsp3) is 0.333. The number of ether oxygens (including phenoxy) is 2. The predicted molar refractivity (Wildman–Crippen MR) is 69.2 cm³/mol. The number of hydrogen-bond donors (Lipinski definition) is 0. The van der Waals surface area contributed by atoms with Crippen LogP contribution >= 0.6 is 23.2 Å². The quantitative estimate of drug-likeness (QED) is 0.803. The van der Waals surface area contributed by atoms with Crippen LogP contribution in [0.1, 0.15) is 18.6 Å². The highest BCUT2D eigenvalue weighted by Gasteiger charge is 2.35. The summed E-state index contributed by atoms with van der Waals surface area (Å²) >= 11 is 11.8. The number of aliphatic imine (C=N–C) groups is 1. The summed E-state index contributed by atoms with van der Waals surface area (Å²) in [7, 11) is 0. The van der Waals surface area contributed by atoms with Crippen LogP contribution in [0, 0.1) is 0 Å². The fourth-order valence-electron chi connectivity index (χ4n) is 1.68. The molecule has 0 saturated heterocycles. The lowest BCUT2D eigenvalue weighted by Crippen LogP contribution is -2.26. The number of rotatable bonds is 3. The van der Waals surface area contributed by atoms with E-state index in [1.807, 2.05) is 0 Å². The third-order valence-electron chi connectivity index (χ3n) is 2.52. The van der Waals surface area contributed by atoms with E-state index in [1.54, 1.807) is 25.1 Å². The van der Waals surface area contributed by atoms with Gasteiger partial charge < -0.3 is 9.47 Å². The molecule has 0 bridgehead atoms. The lowest BCUT2D eigenvalue weighted by atomic mass is 10.0. The number of esters is 1. The fourth-order valence-corrected chi connectivity index (χ4v) is 1.99. The molecule has 2 atom stereocenters. The Balaban J connectivity index is 2.22. The number of carbonyl (C=O) groups excluding carboxylic acids is 1. The Kier molecular flexibility index (Phi) is 4.09. The van der Waals surface area contributed by atoms with Crippen LogP contribution in [-0.4, -0.2) is 25.0 Å². The van der Waals surface area contributed by atoms with E-state index in [1.165, 1.54) is 6.40 Å². The van der Waals surface area contributed by atoms with Crippen LogP contribution in [0.4, 0.5) is 0 Å². The van der Waals surface area contributed by atoms with Crippen molar-refractivity contribution in [3.8, 4) is 0 Å². The Morgan fingerprint density at radius 1 is 1.44 bits per heavy atom. The Hall–Kier alpha value is -1.26. The summed E-state index contributed by atoms with van der Waals surface area (Å²) in [6.07, 6.45) is 0.744. The van der Waals surface area contributed by atoms with Gasteiger partial charge >= 0.3 is 5.97 Å². The first kappa shape index (κ1) is 13.2. The summed E-state index contributed by atoms with van der Waals surface area (Å²) in [5.41, 5.74) is 0.736. The molecule has 0 aromatic heterocycles. The largest absolute Gasteiger partial charge is 0.473 e. The molecule has 1 aromatic carbocycles. The van der Waals surface area contributed by atoms with Crippen LogP contribution in [-0.2, 0) is 14.3 Å². The molecular weight excluding hydrogens is 277 g/mol. The summed E-state index contributed by atoms with van der Waals surface area (Å²) in [5, 5.41) is 0.860. The minimum atomic E-state index is -0.692. The average molecular weight is 288 g/mol. The predicted octanol–water partition coefficient (Wildman–Crippen LogP) is 3.02. The van der Waals surface area contributed by atoms with Gasteiger partial charge in [0.1, 0.15) is 0 Å². The van der Waals surface area contributed by atoms with Gasteiger partial charge in [-0.1, -0.05) is 29.3 Å². The van der Waals surface area contributed by atoms with Crippen molar-refractivity contribution in [2.45, 2.75) is 19.1 Å². The van der Waals surface area contributed by atoms with Gasteiger partial charge in [0, 0.05) is 0 Å². The second-order valence-electron chi connectivity index (χ2n) is 3.68. The molecule has 1 aliphatic heterocycles. The van der Waals surface area contributed by atoms with E-state index in [9.17, 15) is 4.79 Å². The van der Waals surface area contributed by atoms with E-state index in [0.717, 1.165) is 5.56 Å². The van der Waals surface area contributed by atoms with Crippen molar-refractivity contribution in [2.75, 3.05) is 6.61 Å². The Morgan fingerprint density at radius 2 is 2.22 bits per heavy atom. The van der Waals surface area contributed by atoms with Crippen LogP contribution in [0.5, 0.6) is 0 Å². The lowest BCUT2D eigenvalue weighted by molar-refractivity contribution is -0.146. The molecule has 4 nitrogen and oxygen atoms in total. The average Bonchev–Trinajstić information content (AvgIpc) is 2.82. The van der Waals surface area contributed by atoms with Crippen molar-refractivity contribution < 1.29 is 14.3 Å². The monoisotopic (exact) mass is 287 g/mol. The Morgan fingerprint density at radius 3 is 2.89 bits per heavy atom. The van der Waals surface area contributed by atoms with Crippen molar-refractivity contribution in [2.24, 2.45) is 4.99 Å². The van der Waals surface area contributed by atoms with Crippen molar-refractivity contribution >= 4 is 35.6 Å². The summed E-state index contributed by atoms with van der Waals surface area (Å²) in [5.74, 6) is -0.415. The van der Waals surface area contributed by atoms with Gasteiger partial charge in [-0.3, -0.25) is 0 Å². The van der Waals surface area contributed by atoms with Gasteiger partial charge in [0.05, 0.1) is 16.7 Å². The SMILES string of the molecule is CCOC(=O)C1N=COC1c1ccc(Cl)c(Cl)c1. The molecule has 0 N–H and O–H groups in total. The van der Waals surface area contributed by atoms with Gasteiger partial charge in [0.2, 0.25) is 0 Å². The second-order valence-corrected chi connectivity index (χ2v) is 4.50. The van der Waals surface area contributed by atoms with Gasteiger partial charge in [-0.15, -0.1) is 0 Å². The third kappa shape index (κ3) is 2.60. The second kappa shape index (κ2) is 5.59. The van der Waals surface area contributed by atoms with Crippen LogP contribution < -0.4 is 0 Å². The molecule has 0 radical (unpaired) electrons. The third-order valence-corrected chi connectivity index (χ3v) is 3.26. The van der Waals surface area contributed by atoms with Crippen molar-refractivity contribution in [3.63, 3.8) is 0 Å². The maximum absolute atomic E-state index is 11.7. The highest BCUT2D eigenvalue weighted by molar-refractivity contribution is 6.42. The molecular formula is C12H11Cl2NO3. The first-order valence-electron chi connectivity index (χ1n) is 5.42. The van der Waals surface area contributed by atoms with Gasteiger partial charge in [-0.2, -0.15) is 0 Å². The molecule has 6 heteroatoms. The number of halogens is 2. The Bertz CT molecular complexity index is 490. The molecule has 1 heterocycles. The number of carbonyl (C=O) groups is 1. The molecule has 2 rings (SSSR count). The zero-order valence-electron chi connectivity index (χ0n) is 9.60. The number of hydrogen-bond acceptors (Lipinski definition) is 4. The molecule has 2 unspecified atom stereocenters. The standard InChI is InChI=1S/C12H11Cl2NO3/c1-2-17-12(16)10-11(18-6-15-10)7-3-4-8(13)9(14)5-7/h3-6,10-11H,2H2,1H3. The maximum atomic E-state index is 11.7. The van der Waals surface area contributed by atoms with Crippen LogP contribution in [0.15, 0.2) is 23.2 Å². The van der Waals surface area contributed by atoms with Gasteiger partial charge in [-0.25, -0.2) is 9.79 Å². The first-order valence-corrected chi connectivity index (χ1v) is 6.17. The van der Waals surface area contributed by atoms with E-state index in [2.05, 4.69) is 4.99 Å². The smallest absolute Gasteiger partial charge is 0.335 e. The van der Waals surface area contributed by atoms with E-state index in [-0.39, 0.29) is 0 Å². The normalized spacial score (nSPS) is 21.7. The van der Waals surface area contributed by atoms with Crippen LogP contribution in [0.3, 0.4) is 0 Å². The molecule has 0 spiro atoms. The number of benzene rings is 1. The van der Waals surface area contributed by atoms with Crippen LogP contribution in [0.25, 0.3) is 0 Å². The Labute approximate surface area is 115 Å². The summed E-state index contributed by atoms with van der Waals surface area (Å²) in [6.45, 7) is 2.05. The molecule has 0 saturated carbocycles. The molecule has 18 heavy (non-hydrogen) atoms. The zero-order chi connectivity index (χ0) is 13.1. The summed E-state index contributed by atoms with van der Waals surface area (Å²) in [6, 6.07) is 4.38. The molecule has 1 aromatic rings. The highest BCUT2D eigenvalue weighted by atomic mass is 35.5. The minimum absolute atomic E-state index is 0.305. The highest BCUT2D eigenvalue weighted by Crippen LogP contribution is 2.32. The van der Waals surface area contributed by atoms with E-state index < -0.39 is 18.1 Å². The number of nitrogens with zero attached hydrogens (tertiary/aromatic N) is 1. The molecule has 0 aliphatic carbocycles. The van der Waals surface area contributed by atoms with E-state index in [0.29, 0.717) is 16.7 Å². The first-order chi connectivity index (χ1) is 8.63. The van der Waals surface area contributed by atoms with E-state index in [4.69, 9.17) is 32.7 Å². The van der Waals surface area contributed by atoms with Gasteiger partial charge in [0.15, 0.2) is 18.5 Å². The minimum Gasteiger partial charge on any atom is -0.473 e. The van der Waals surface area contributed by atoms with Crippen molar-refractivity contribution in [3.05, 3.63) is 33.8 Å². The summed E-state index contributed by atoms with van der Waals surface area (Å²) in [4.78, 5) is 15.7. The van der Waals surface area contributed by atoms with E-state index >= 15 is 0 Å². The van der Waals surface area contributed by atoms with Crippen molar-refractivity contribution in [1.82, 2.24) is 0 Å². The maximum Gasteiger partial charge on any atom is 0.335 e. The van der Waals surface area contributed by atoms with Crippen LogP contribution in [0.2, 0.25) is 10.0 Å². The molecule has 96 valence electrons. The zero-order valence-corrected chi connectivity index (χ0v) is 11.1. The topological polar surface area (TPSA) is 47.9 Å². The lowest BCUT2D eigenvalue weighted by Gasteiger charge is -2.16. The molecule has 1 aliphatic rings. The van der Waals surface area contributed by atoms with Gasteiger partial charge in [0.25, 0.3) is 0 Å². The summed E-state index contributed by atoms with van der Waals surface area (Å²) < 4.78 is 10.3. The van der Waals surface area contributed by atoms with Gasteiger partial charge in [-0.05, 0) is 24.6 Å². The van der Waals surface area contributed by atoms with Crippen molar-refractivity contribution in [1.29, 1.82) is 0 Å². The molecule has 0 amide bonds.